The summed E-state index contributed by atoms with van der Waals surface area (Å²) in [5.41, 5.74) is 1.61. The van der Waals surface area contributed by atoms with E-state index in [1.165, 1.54) is 18.2 Å². The van der Waals surface area contributed by atoms with E-state index in [1.807, 2.05) is 13.0 Å². The number of aromatic nitrogens is 2. The predicted molar refractivity (Wildman–Crippen MR) is 116 cm³/mol. The molecule has 1 aromatic heterocycles. The zero-order valence-corrected chi connectivity index (χ0v) is 18.9. The third kappa shape index (κ3) is 5.67. The highest BCUT2D eigenvalue weighted by molar-refractivity contribution is 9.10. The molecule has 0 aliphatic heterocycles. The van der Waals surface area contributed by atoms with Crippen LogP contribution in [-0.2, 0) is 16.4 Å². The van der Waals surface area contributed by atoms with Crippen molar-refractivity contribution in [1.82, 2.24) is 15.5 Å². The molecule has 0 radical (unpaired) electrons. The number of amides is 1. The second-order valence-corrected chi connectivity index (χ2v) is 9.25. The van der Waals surface area contributed by atoms with Gasteiger partial charge in [-0.2, -0.15) is 4.98 Å². The van der Waals surface area contributed by atoms with E-state index in [0.29, 0.717) is 41.3 Å². The maximum atomic E-state index is 12.8. The number of nitrogens with one attached hydrogen (secondary N) is 2. The zero-order chi connectivity index (χ0) is 21.7. The Labute approximate surface area is 183 Å². The molecule has 8 nitrogen and oxygen atoms in total. The summed E-state index contributed by atoms with van der Waals surface area (Å²) in [7, 11) is -3.86. The summed E-state index contributed by atoms with van der Waals surface area (Å²) in [6.07, 6.45) is 1.17. The number of aryl methyl sites for hydroxylation is 3. The summed E-state index contributed by atoms with van der Waals surface area (Å²) in [5, 5.41) is 6.48. The van der Waals surface area contributed by atoms with Crippen molar-refractivity contribution in [3.63, 3.8) is 0 Å². The van der Waals surface area contributed by atoms with Crippen LogP contribution < -0.4 is 10.0 Å². The van der Waals surface area contributed by atoms with Gasteiger partial charge in [0.05, 0.1) is 10.6 Å². The molecule has 0 bridgehead atoms. The van der Waals surface area contributed by atoms with Gasteiger partial charge in [-0.1, -0.05) is 17.3 Å². The van der Waals surface area contributed by atoms with E-state index in [2.05, 4.69) is 36.1 Å². The first-order valence-electron chi connectivity index (χ1n) is 9.21. The van der Waals surface area contributed by atoms with Gasteiger partial charge in [0.2, 0.25) is 5.89 Å². The van der Waals surface area contributed by atoms with E-state index in [0.717, 1.165) is 5.56 Å². The average molecular weight is 493 g/mol. The Morgan fingerprint density at radius 1 is 1.17 bits per heavy atom. The molecule has 0 aliphatic carbocycles. The number of nitrogens with zero attached hydrogens (tertiary/aromatic N) is 2. The first-order valence-corrected chi connectivity index (χ1v) is 11.5. The van der Waals surface area contributed by atoms with Gasteiger partial charge in [0.25, 0.3) is 15.9 Å². The molecule has 1 heterocycles. The topological polar surface area (TPSA) is 114 Å². The molecular formula is C20H21BrN4O4S. The Morgan fingerprint density at radius 2 is 1.97 bits per heavy atom. The Balaban J connectivity index is 1.64. The number of carbonyl (C=O) groups is 1. The molecule has 0 aliphatic rings. The van der Waals surface area contributed by atoms with Crippen LogP contribution in [-0.4, -0.2) is 31.0 Å². The Kier molecular flexibility index (Phi) is 6.88. The molecule has 3 aromatic rings. The average Bonchev–Trinajstić information content (AvgIpc) is 3.13. The van der Waals surface area contributed by atoms with Crippen LogP contribution in [0.25, 0.3) is 0 Å². The predicted octanol–water partition coefficient (Wildman–Crippen LogP) is 3.61. The van der Waals surface area contributed by atoms with Crippen LogP contribution in [0.3, 0.4) is 0 Å². The van der Waals surface area contributed by atoms with Gasteiger partial charge < -0.3 is 9.84 Å². The fraction of sp³-hybridized carbons (Fsp3) is 0.250. The fourth-order valence-corrected chi connectivity index (χ4v) is 4.30. The first-order chi connectivity index (χ1) is 14.2. The summed E-state index contributed by atoms with van der Waals surface area (Å²) >= 11 is 3.34. The first kappa shape index (κ1) is 22.0. The normalized spacial score (nSPS) is 11.3. The van der Waals surface area contributed by atoms with Gasteiger partial charge in [-0.05, 0) is 72.1 Å². The minimum absolute atomic E-state index is 0.00453. The summed E-state index contributed by atoms with van der Waals surface area (Å²) in [6, 6.07) is 11.3. The molecule has 0 spiro atoms. The smallest absolute Gasteiger partial charge is 0.261 e. The molecule has 1 amide bonds. The van der Waals surface area contributed by atoms with Crippen LogP contribution in [0.5, 0.6) is 0 Å². The monoisotopic (exact) mass is 492 g/mol. The SMILES string of the molecule is Cc1ccc(Br)c(NS(=O)(=O)c2cccc(C(=O)NCCCc3nc(C)no3)c2)c1. The number of hydrogen-bond acceptors (Lipinski definition) is 6. The van der Waals surface area contributed by atoms with Crippen molar-refractivity contribution < 1.29 is 17.7 Å². The van der Waals surface area contributed by atoms with Crippen molar-refractivity contribution in [1.29, 1.82) is 0 Å². The van der Waals surface area contributed by atoms with Crippen molar-refractivity contribution in [2.45, 2.75) is 31.6 Å². The van der Waals surface area contributed by atoms with Gasteiger partial charge in [0, 0.05) is 23.0 Å². The van der Waals surface area contributed by atoms with Crippen LogP contribution >= 0.6 is 15.9 Å². The summed E-state index contributed by atoms with van der Waals surface area (Å²) < 4.78 is 33.7. The van der Waals surface area contributed by atoms with E-state index in [4.69, 9.17) is 4.52 Å². The number of benzene rings is 2. The molecule has 2 N–H and O–H groups in total. The molecule has 3 rings (SSSR count). The highest BCUT2D eigenvalue weighted by atomic mass is 79.9. The van der Waals surface area contributed by atoms with Crippen molar-refractivity contribution in [2.24, 2.45) is 0 Å². The number of rotatable bonds is 8. The summed E-state index contributed by atoms with van der Waals surface area (Å²) in [4.78, 5) is 16.5. The van der Waals surface area contributed by atoms with Gasteiger partial charge in [-0.15, -0.1) is 0 Å². The molecule has 158 valence electrons. The standard InChI is InChI=1S/C20H21BrN4O4S/c1-13-8-9-17(21)18(11-13)25-30(27,28)16-6-3-5-15(12-16)20(26)22-10-4-7-19-23-14(2)24-29-19/h3,5-6,8-9,11-12,25H,4,7,10H2,1-2H3,(H,22,26). The minimum atomic E-state index is -3.86. The third-order valence-corrected chi connectivity index (χ3v) is 6.25. The zero-order valence-electron chi connectivity index (χ0n) is 16.5. The second kappa shape index (κ2) is 9.40. The lowest BCUT2D eigenvalue weighted by molar-refractivity contribution is 0.0952. The van der Waals surface area contributed by atoms with Gasteiger partial charge in [0.1, 0.15) is 0 Å². The van der Waals surface area contributed by atoms with Gasteiger partial charge in [-0.25, -0.2) is 8.42 Å². The minimum Gasteiger partial charge on any atom is -0.352 e. The molecule has 0 fully saturated rings. The Morgan fingerprint density at radius 3 is 2.70 bits per heavy atom. The highest BCUT2D eigenvalue weighted by Gasteiger charge is 2.18. The molecule has 30 heavy (non-hydrogen) atoms. The van der Waals surface area contributed by atoms with Crippen LogP contribution in [0.1, 0.15) is 34.1 Å². The highest BCUT2D eigenvalue weighted by Crippen LogP contribution is 2.26. The lowest BCUT2D eigenvalue weighted by atomic mass is 10.2. The second-order valence-electron chi connectivity index (χ2n) is 6.71. The van der Waals surface area contributed by atoms with Crippen molar-refractivity contribution in [2.75, 3.05) is 11.3 Å². The van der Waals surface area contributed by atoms with Crippen molar-refractivity contribution in [3.8, 4) is 0 Å². The number of halogens is 1. The largest absolute Gasteiger partial charge is 0.352 e. The van der Waals surface area contributed by atoms with Crippen molar-refractivity contribution in [3.05, 3.63) is 69.8 Å². The van der Waals surface area contributed by atoms with E-state index in [1.54, 1.807) is 25.1 Å². The molecule has 2 aromatic carbocycles. The van der Waals surface area contributed by atoms with Crippen LogP contribution in [0.15, 0.2) is 56.4 Å². The quantitative estimate of drug-likeness (QED) is 0.464. The van der Waals surface area contributed by atoms with Crippen LogP contribution in [0.4, 0.5) is 5.69 Å². The maximum Gasteiger partial charge on any atom is 0.261 e. The van der Waals surface area contributed by atoms with E-state index in [9.17, 15) is 13.2 Å². The fourth-order valence-electron chi connectivity index (χ4n) is 2.71. The van der Waals surface area contributed by atoms with Gasteiger partial charge in [0.15, 0.2) is 5.82 Å². The third-order valence-electron chi connectivity index (χ3n) is 4.20. The molecular weight excluding hydrogens is 472 g/mol. The van der Waals surface area contributed by atoms with Gasteiger partial charge in [-0.3, -0.25) is 9.52 Å². The summed E-state index contributed by atoms with van der Waals surface area (Å²) in [6.45, 7) is 4.00. The Bertz CT molecular complexity index is 1160. The lowest BCUT2D eigenvalue weighted by Crippen LogP contribution is -2.25. The Hall–Kier alpha value is -2.72. The van der Waals surface area contributed by atoms with E-state index >= 15 is 0 Å². The molecule has 0 saturated carbocycles. The number of hydrogen-bond donors (Lipinski definition) is 2. The van der Waals surface area contributed by atoms with Crippen LogP contribution in [0.2, 0.25) is 0 Å². The number of anilines is 1. The molecule has 10 heteroatoms. The molecule has 0 unspecified atom stereocenters. The van der Waals surface area contributed by atoms with Crippen LogP contribution in [0, 0.1) is 13.8 Å². The molecule has 0 saturated heterocycles. The van der Waals surface area contributed by atoms with E-state index in [-0.39, 0.29) is 16.4 Å². The molecule has 0 atom stereocenters. The summed E-state index contributed by atoms with van der Waals surface area (Å²) in [5.74, 6) is 0.729. The lowest BCUT2D eigenvalue weighted by Gasteiger charge is -2.11. The maximum absolute atomic E-state index is 12.8. The van der Waals surface area contributed by atoms with Crippen molar-refractivity contribution >= 4 is 37.5 Å². The van der Waals surface area contributed by atoms with Gasteiger partial charge >= 0.3 is 0 Å². The number of carbonyl (C=O) groups excluding carboxylic acids is 1. The van der Waals surface area contributed by atoms with E-state index < -0.39 is 10.0 Å². The number of sulfonamides is 1.